The molecule has 0 aliphatic heterocycles. The van der Waals surface area contributed by atoms with Crippen LogP contribution in [0.4, 0.5) is 0 Å². The molecule has 1 fully saturated rings. The molecule has 1 aliphatic carbocycles. The minimum Gasteiger partial charge on any atom is -0.477 e. The second-order valence-corrected chi connectivity index (χ2v) is 7.32. The molecule has 2 rings (SSSR count). The van der Waals surface area contributed by atoms with Crippen LogP contribution in [-0.2, 0) is 14.9 Å². The van der Waals surface area contributed by atoms with E-state index in [1.165, 1.54) is 0 Å². The first-order valence-corrected chi connectivity index (χ1v) is 8.21. The van der Waals surface area contributed by atoms with Crippen molar-refractivity contribution in [3.63, 3.8) is 0 Å². The Morgan fingerprint density at radius 1 is 1.47 bits per heavy atom. The molecule has 1 heterocycles. The van der Waals surface area contributed by atoms with Crippen LogP contribution in [0.1, 0.15) is 40.2 Å². The van der Waals surface area contributed by atoms with Crippen LogP contribution in [0.25, 0.3) is 0 Å². The molecule has 0 saturated heterocycles. The summed E-state index contributed by atoms with van der Waals surface area (Å²) < 4.78 is 24.0. The van der Waals surface area contributed by atoms with Gasteiger partial charge in [-0.2, -0.15) is 0 Å². The van der Waals surface area contributed by atoms with Gasteiger partial charge < -0.3 is 5.11 Å². The molecule has 8 heteroatoms. The van der Waals surface area contributed by atoms with Crippen LogP contribution < -0.4 is 4.89 Å². The van der Waals surface area contributed by atoms with E-state index in [1.807, 2.05) is 0 Å². The first-order chi connectivity index (χ1) is 8.90. The van der Waals surface area contributed by atoms with Gasteiger partial charge in [-0.25, -0.2) is 13.2 Å². The van der Waals surface area contributed by atoms with Gasteiger partial charge in [-0.3, -0.25) is 4.84 Å². The second kappa shape index (κ2) is 5.58. The summed E-state index contributed by atoms with van der Waals surface area (Å²) in [7, 11) is -3.82. The monoisotopic (exact) mass is 305 g/mol. The number of hydrogen-bond acceptors (Lipinski definition) is 5. The fourth-order valence-electron chi connectivity index (χ4n) is 2.02. The summed E-state index contributed by atoms with van der Waals surface area (Å²) in [6.07, 6.45) is 3.66. The molecule has 1 aliphatic rings. The van der Waals surface area contributed by atoms with E-state index >= 15 is 0 Å². The molecule has 0 amide bonds. The van der Waals surface area contributed by atoms with E-state index in [1.54, 1.807) is 6.92 Å². The lowest BCUT2D eigenvalue weighted by molar-refractivity contribution is 0.0223. The van der Waals surface area contributed by atoms with E-state index in [0.717, 1.165) is 43.1 Å². The topological polar surface area (TPSA) is 92.7 Å². The number of thiophene rings is 1. The summed E-state index contributed by atoms with van der Waals surface area (Å²) in [6.45, 7) is 1.57. The van der Waals surface area contributed by atoms with Crippen LogP contribution in [0.3, 0.4) is 0 Å². The summed E-state index contributed by atoms with van der Waals surface area (Å²) in [6, 6.07) is 1.16. The highest BCUT2D eigenvalue weighted by atomic mass is 32.2. The smallest absolute Gasteiger partial charge is 0.345 e. The summed E-state index contributed by atoms with van der Waals surface area (Å²) in [5.41, 5.74) is 0. The highest BCUT2D eigenvalue weighted by Crippen LogP contribution is 2.26. The van der Waals surface area contributed by atoms with Gasteiger partial charge in [-0.15, -0.1) is 11.3 Å². The van der Waals surface area contributed by atoms with Crippen molar-refractivity contribution in [2.45, 2.75) is 43.6 Å². The van der Waals surface area contributed by atoms with Crippen LogP contribution in [0.2, 0.25) is 0 Å². The van der Waals surface area contributed by atoms with Crippen molar-refractivity contribution < 1.29 is 23.2 Å². The predicted octanol–water partition coefficient (Wildman–Crippen LogP) is 1.91. The quantitative estimate of drug-likeness (QED) is 0.811. The number of rotatable bonds is 5. The van der Waals surface area contributed by atoms with Crippen LogP contribution in [0, 0.1) is 6.92 Å². The van der Waals surface area contributed by atoms with E-state index in [0.29, 0.717) is 4.88 Å². The lowest BCUT2D eigenvalue weighted by atomic mass is 10.3. The van der Waals surface area contributed by atoms with Gasteiger partial charge in [-0.05, 0) is 25.8 Å². The molecule has 19 heavy (non-hydrogen) atoms. The van der Waals surface area contributed by atoms with Crippen molar-refractivity contribution in [2.24, 2.45) is 0 Å². The lowest BCUT2D eigenvalue weighted by Crippen LogP contribution is -2.28. The maximum Gasteiger partial charge on any atom is 0.345 e. The molecule has 0 spiro atoms. The first kappa shape index (κ1) is 14.4. The fourth-order valence-corrected chi connectivity index (χ4v) is 4.31. The molecule has 0 aromatic carbocycles. The van der Waals surface area contributed by atoms with E-state index in [9.17, 15) is 13.2 Å². The van der Waals surface area contributed by atoms with Gasteiger partial charge in [0.05, 0.1) is 11.0 Å². The van der Waals surface area contributed by atoms with Gasteiger partial charge >= 0.3 is 5.97 Å². The average Bonchev–Trinajstić information content (AvgIpc) is 2.95. The van der Waals surface area contributed by atoms with Gasteiger partial charge in [0.2, 0.25) is 0 Å². The maximum atomic E-state index is 12.0. The third-order valence-electron chi connectivity index (χ3n) is 3.00. The molecule has 1 aromatic rings. The summed E-state index contributed by atoms with van der Waals surface area (Å²) in [5.74, 6) is -1.13. The SMILES string of the molecule is Cc1sc(C(=O)O)cc1S(=O)(=O)NOC1CCCC1. The van der Waals surface area contributed by atoms with Crippen molar-refractivity contribution in [2.75, 3.05) is 0 Å². The van der Waals surface area contributed by atoms with E-state index in [4.69, 9.17) is 9.94 Å². The molecule has 6 nitrogen and oxygen atoms in total. The van der Waals surface area contributed by atoms with Crippen molar-refractivity contribution in [3.05, 3.63) is 15.8 Å². The number of nitrogens with one attached hydrogen (secondary N) is 1. The minimum atomic E-state index is -3.82. The molecular weight excluding hydrogens is 290 g/mol. The van der Waals surface area contributed by atoms with Crippen LogP contribution in [0.15, 0.2) is 11.0 Å². The molecule has 1 aromatic heterocycles. The third kappa shape index (κ3) is 3.33. The molecule has 0 atom stereocenters. The zero-order valence-electron chi connectivity index (χ0n) is 10.4. The molecular formula is C11H15NO5S2. The molecule has 0 bridgehead atoms. The Hall–Kier alpha value is -0.960. The minimum absolute atomic E-state index is 0.00117. The zero-order chi connectivity index (χ0) is 14.0. The predicted molar refractivity (Wildman–Crippen MR) is 69.7 cm³/mol. The third-order valence-corrected chi connectivity index (χ3v) is 5.49. The number of carboxylic acid groups (broad SMARTS) is 1. The van der Waals surface area contributed by atoms with Gasteiger partial charge in [0, 0.05) is 4.88 Å². The molecule has 2 N–H and O–H groups in total. The van der Waals surface area contributed by atoms with Crippen LogP contribution >= 0.6 is 11.3 Å². The number of carbonyl (C=O) groups is 1. The van der Waals surface area contributed by atoms with Crippen LogP contribution in [-0.4, -0.2) is 25.6 Å². The second-order valence-electron chi connectivity index (χ2n) is 4.45. The molecule has 106 valence electrons. The van der Waals surface area contributed by atoms with E-state index < -0.39 is 16.0 Å². The average molecular weight is 305 g/mol. The Balaban J connectivity index is 2.12. The summed E-state index contributed by atoms with van der Waals surface area (Å²) in [5, 5.41) is 8.85. The van der Waals surface area contributed by atoms with E-state index in [-0.39, 0.29) is 15.9 Å². The summed E-state index contributed by atoms with van der Waals surface area (Å²) >= 11 is 0.933. The summed E-state index contributed by atoms with van der Waals surface area (Å²) in [4.78, 5) is 18.5. The van der Waals surface area contributed by atoms with Gasteiger partial charge in [0.15, 0.2) is 0 Å². The van der Waals surface area contributed by atoms with Crippen molar-refractivity contribution in [3.8, 4) is 0 Å². The van der Waals surface area contributed by atoms with Gasteiger partial charge in [0.1, 0.15) is 4.88 Å². The number of aryl methyl sites for hydroxylation is 1. The highest BCUT2D eigenvalue weighted by molar-refractivity contribution is 7.89. The largest absolute Gasteiger partial charge is 0.477 e. The fraction of sp³-hybridized carbons (Fsp3) is 0.545. The van der Waals surface area contributed by atoms with Crippen molar-refractivity contribution in [1.29, 1.82) is 0 Å². The van der Waals surface area contributed by atoms with Crippen molar-refractivity contribution in [1.82, 2.24) is 4.89 Å². The Bertz CT molecular complexity index is 572. The van der Waals surface area contributed by atoms with Crippen molar-refractivity contribution >= 4 is 27.3 Å². The number of carboxylic acids is 1. The van der Waals surface area contributed by atoms with E-state index in [2.05, 4.69) is 4.89 Å². The molecule has 0 unspecified atom stereocenters. The molecule has 1 saturated carbocycles. The number of hydrogen-bond donors (Lipinski definition) is 2. The first-order valence-electron chi connectivity index (χ1n) is 5.91. The highest BCUT2D eigenvalue weighted by Gasteiger charge is 2.24. The Kier molecular flexibility index (Phi) is 4.24. The van der Waals surface area contributed by atoms with Gasteiger partial charge in [0.25, 0.3) is 10.0 Å². The zero-order valence-corrected chi connectivity index (χ0v) is 12.0. The standard InChI is InChI=1S/C11H15NO5S2/c1-7-10(6-9(18-7)11(13)14)19(15,16)12-17-8-4-2-3-5-8/h6,8,12H,2-5H2,1H3,(H,13,14). The Morgan fingerprint density at radius 2 is 2.11 bits per heavy atom. The number of aromatic carboxylic acids is 1. The van der Waals surface area contributed by atoms with Crippen LogP contribution in [0.5, 0.6) is 0 Å². The number of sulfonamides is 1. The maximum absolute atomic E-state index is 12.0. The Labute approximate surface area is 115 Å². The normalized spacial score (nSPS) is 16.9. The van der Waals surface area contributed by atoms with Gasteiger partial charge in [-0.1, -0.05) is 17.7 Å². The lowest BCUT2D eigenvalue weighted by Gasteiger charge is -2.11. The molecule has 0 radical (unpaired) electrons. The Morgan fingerprint density at radius 3 is 2.63 bits per heavy atom.